The van der Waals surface area contributed by atoms with Gasteiger partial charge in [0.1, 0.15) is 11.3 Å². The third-order valence-electron chi connectivity index (χ3n) is 3.06. The molecule has 0 amide bonds. The molecule has 2 aromatic rings. The number of rotatable bonds is 7. The monoisotopic (exact) mass is 263 g/mol. The number of furan rings is 1. The number of ether oxygens (including phenoxy) is 2. The average molecular weight is 263 g/mol. The van der Waals surface area contributed by atoms with Crippen molar-refractivity contribution in [3.63, 3.8) is 0 Å². The molecule has 0 aliphatic carbocycles. The Morgan fingerprint density at radius 3 is 2.84 bits per heavy atom. The molecule has 104 valence electrons. The first kappa shape index (κ1) is 14.1. The summed E-state index contributed by atoms with van der Waals surface area (Å²) < 4.78 is 16.1. The molecular formula is C15H21NO3. The largest absolute Gasteiger partial charge is 0.459 e. The zero-order chi connectivity index (χ0) is 13.7. The summed E-state index contributed by atoms with van der Waals surface area (Å²) in [6, 6.07) is 8.01. The number of nitrogens with two attached hydrogens (primary N) is 1. The SMILES string of the molecule is COCCOCCC(N)c1cc2cc(C)ccc2o1. The van der Waals surface area contributed by atoms with E-state index >= 15 is 0 Å². The summed E-state index contributed by atoms with van der Waals surface area (Å²) in [4.78, 5) is 0. The van der Waals surface area contributed by atoms with Crippen LogP contribution in [0.15, 0.2) is 28.7 Å². The second kappa shape index (κ2) is 6.70. The molecule has 0 aliphatic heterocycles. The van der Waals surface area contributed by atoms with Crippen LogP contribution in [0, 0.1) is 6.92 Å². The summed E-state index contributed by atoms with van der Waals surface area (Å²) in [5, 5.41) is 1.10. The van der Waals surface area contributed by atoms with Gasteiger partial charge in [-0.05, 0) is 31.5 Å². The molecule has 2 N–H and O–H groups in total. The van der Waals surface area contributed by atoms with Gasteiger partial charge in [-0.3, -0.25) is 0 Å². The normalized spacial score (nSPS) is 13.0. The maximum absolute atomic E-state index is 6.11. The molecule has 1 aromatic carbocycles. The van der Waals surface area contributed by atoms with Gasteiger partial charge in [-0.2, -0.15) is 0 Å². The molecule has 0 fully saturated rings. The predicted molar refractivity (Wildman–Crippen MR) is 75.2 cm³/mol. The Morgan fingerprint density at radius 1 is 1.21 bits per heavy atom. The lowest BCUT2D eigenvalue weighted by atomic mass is 10.1. The lowest BCUT2D eigenvalue weighted by molar-refractivity contribution is 0.0665. The van der Waals surface area contributed by atoms with Crippen LogP contribution in [0.4, 0.5) is 0 Å². The Kier molecular flexibility index (Phi) is 4.96. The summed E-state index contributed by atoms with van der Waals surface area (Å²) in [6.07, 6.45) is 0.739. The van der Waals surface area contributed by atoms with Gasteiger partial charge in [-0.15, -0.1) is 0 Å². The molecule has 0 aliphatic rings. The van der Waals surface area contributed by atoms with Gasteiger partial charge in [0.15, 0.2) is 0 Å². The standard InChI is InChI=1S/C15H21NO3/c1-11-3-4-14-12(9-11)10-15(19-14)13(16)5-6-18-8-7-17-2/h3-4,9-10,13H,5-8,16H2,1-2H3. The second-order valence-electron chi connectivity index (χ2n) is 4.69. The van der Waals surface area contributed by atoms with Gasteiger partial charge in [0.2, 0.25) is 0 Å². The Balaban J connectivity index is 1.91. The zero-order valence-electron chi connectivity index (χ0n) is 11.5. The topological polar surface area (TPSA) is 57.6 Å². The minimum Gasteiger partial charge on any atom is -0.459 e. The van der Waals surface area contributed by atoms with Crippen molar-refractivity contribution in [1.29, 1.82) is 0 Å². The van der Waals surface area contributed by atoms with E-state index in [1.165, 1.54) is 5.56 Å². The highest BCUT2D eigenvalue weighted by Gasteiger charge is 2.12. The Morgan fingerprint density at radius 2 is 2.05 bits per heavy atom. The molecule has 0 spiro atoms. The van der Waals surface area contributed by atoms with E-state index in [-0.39, 0.29) is 6.04 Å². The van der Waals surface area contributed by atoms with Gasteiger partial charge in [0.25, 0.3) is 0 Å². The van der Waals surface area contributed by atoms with Crippen LogP contribution < -0.4 is 5.73 Å². The van der Waals surface area contributed by atoms with E-state index in [0.717, 1.165) is 23.2 Å². The molecule has 0 radical (unpaired) electrons. The Hall–Kier alpha value is -1.36. The van der Waals surface area contributed by atoms with Crippen LogP contribution in [0.2, 0.25) is 0 Å². The minimum atomic E-state index is -0.129. The number of hydrogen-bond acceptors (Lipinski definition) is 4. The maximum Gasteiger partial charge on any atom is 0.134 e. The molecule has 1 aromatic heterocycles. The van der Waals surface area contributed by atoms with E-state index < -0.39 is 0 Å². The first-order valence-electron chi connectivity index (χ1n) is 6.53. The summed E-state index contributed by atoms with van der Waals surface area (Å²) in [7, 11) is 1.66. The van der Waals surface area contributed by atoms with Crippen LogP contribution in [-0.2, 0) is 9.47 Å². The van der Waals surface area contributed by atoms with E-state index in [0.29, 0.717) is 19.8 Å². The van der Waals surface area contributed by atoms with Crippen molar-refractivity contribution in [1.82, 2.24) is 0 Å². The number of benzene rings is 1. The lowest BCUT2D eigenvalue weighted by Gasteiger charge is -2.08. The number of methoxy groups -OCH3 is 1. The van der Waals surface area contributed by atoms with Gasteiger partial charge < -0.3 is 19.6 Å². The molecular weight excluding hydrogens is 242 g/mol. The van der Waals surface area contributed by atoms with Gasteiger partial charge >= 0.3 is 0 Å². The van der Waals surface area contributed by atoms with Crippen LogP contribution in [0.25, 0.3) is 11.0 Å². The highest BCUT2D eigenvalue weighted by molar-refractivity contribution is 5.78. The smallest absolute Gasteiger partial charge is 0.134 e. The Bertz CT molecular complexity index is 521. The quantitative estimate of drug-likeness (QED) is 0.780. The lowest BCUT2D eigenvalue weighted by Crippen LogP contribution is -2.13. The second-order valence-corrected chi connectivity index (χ2v) is 4.69. The van der Waals surface area contributed by atoms with Crippen LogP contribution in [0.3, 0.4) is 0 Å². The van der Waals surface area contributed by atoms with Crippen LogP contribution >= 0.6 is 0 Å². The Labute approximate surface area is 113 Å². The van der Waals surface area contributed by atoms with Crippen LogP contribution in [-0.4, -0.2) is 26.9 Å². The van der Waals surface area contributed by atoms with E-state index in [9.17, 15) is 0 Å². The molecule has 2 rings (SSSR count). The van der Waals surface area contributed by atoms with Gasteiger partial charge in [0, 0.05) is 19.1 Å². The van der Waals surface area contributed by atoms with Crippen molar-refractivity contribution < 1.29 is 13.9 Å². The fourth-order valence-corrected chi connectivity index (χ4v) is 1.96. The van der Waals surface area contributed by atoms with Crippen LogP contribution in [0.5, 0.6) is 0 Å². The molecule has 4 nitrogen and oxygen atoms in total. The number of aryl methyl sites for hydroxylation is 1. The predicted octanol–water partition coefficient (Wildman–Crippen LogP) is 2.79. The molecule has 19 heavy (non-hydrogen) atoms. The van der Waals surface area contributed by atoms with Gasteiger partial charge in [-0.25, -0.2) is 0 Å². The first-order valence-corrected chi connectivity index (χ1v) is 6.53. The van der Waals surface area contributed by atoms with Crippen molar-refractivity contribution in [3.8, 4) is 0 Å². The molecule has 0 saturated carbocycles. The molecule has 0 saturated heterocycles. The highest BCUT2D eigenvalue weighted by Crippen LogP contribution is 2.25. The summed E-state index contributed by atoms with van der Waals surface area (Å²) in [5.41, 5.74) is 8.21. The first-order chi connectivity index (χ1) is 9.20. The van der Waals surface area contributed by atoms with Gasteiger partial charge in [0.05, 0.1) is 19.3 Å². The summed E-state index contributed by atoms with van der Waals surface area (Å²) in [6.45, 7) is 3.89. The van der Waals surface area contributed by atoms with E-state index in [4.69, 9.17) is 19.6 Å². The van der Waals surface area contributed by atoms with Crippen molar-refractivity contribution in [2.75, 3.05) is 26.9 Å². The van der Waals surface area contributed by atoms with Gasteiger partial charge in [-0.1, -0.05) is 11.6 Å². The molecule has 1 atom stereocenters. The fourth-order valence-electron chi connectivity index (χ4n) is 1.96. The van der Waals surface area contributed by atoms with Crippen molar-refractivity contribution in [3.05, 3.63) is 35.6 Å². The molecule has 0 bridgehead atoms. The number of fused-ring (bicyclic) bond motifs is 1. The van der Waals surface area contributed by atoms with Crippen molar-refractivity contribution >= 4 is 11.0 Å². The third-order valence-corrected chi connectivity index (χ3v) is 3.06. The van der Waals surface area contributed by atoms with Crippen LogP contribution in [0.1, 0.15) is 23.8 Å². The summed E-state index contributed by atoms with van der Waals surface area (Å²) in [5.74, 6) is 0.816. The number of hydrogen-bond donors (Lipinski definition) is 1. The van der Waals surface area contributed by atoms with E-state index in [1.807, 2.05) is 18.2 Å². The minimum absolute atomic E-state index is 0.129. The third kappa shape index (κ3) is 3.80. The molecule has 1 heterocycles. The maximum atomic E-state index is 6.11. The van der Waals surface area contributed by atoms with Crippen molar-refractivity contribution in [2.45, 2.75) is 19.4 Å². The fraction of sp³-hybridized carbons (Fsp3) is 0.467. The summed E-state index contributed by atoms with van der Waals surface area (Å²) >= 11 is 0. The highest BCUT2D eigenvalue weighted by atomic mass is 16.5. The van der Waals surface area contributed by atoms with Crippen molar-refractivity contribution in [2.24, 2.45) is 5.73 Å². The molecule has 4 heteroatoms. The zero-order valence-corrected chi connectivity index (χ0v) is 11.5. The molecule has 1 unspecified atom stereocenters. The average Bonchev–Trinajstić information content (AvgIpc) is 2.81. The van der Waals surface area contributed by atoms with E-state index in [1.54, 1.807) is 7.11 Å². The van der Waals surface area contributed by atoms with E-state index in [2.05, 4.69) is 13.0 Å².